The van der Waals surface area contributed by atoms with Gasteiger partial charge in [-0.25, -0.2) is 0 Å². The predicted octanol–water partition coefficient (Wildman–Crippen LogP) is 0.777. The largest absolute Gasteiger partial charge is 0.383 e. The minimum Gasteiger partial charge on any atom is -0.383 e. The van der Waals surface area contributed by atoms with E-state index in [0.717, 1.165) is 0 Å². The van der Waals surface area contributed by atoms with Crippen LogP contribution in [-0.2, 0) is 9.53 Å². The van der Waals surface area contributed by atoms with Crippen LogP contribution in [-0.4, -0.2) is 45.2 Å². The molecule has 0 atom stereocenters. The van der Waals surface area contributed by atoms with Crippen molar-refractivity contribution in [3.8, 4) is 0 Å². The smallest absolute Gasteiger partial charge is 0.251 e. The molecule has 0 heterocycles. The highest BCUT2D eigenvalue weighted by Gasteiger charge is 2.05. The highest BCUT2D eigenvalue weighted by molar-refractivity contribution is 5.96. The van der Waals surface area contributed by atoms with Crippen molar-refractivity contribution in [1.29, 1.82) is 0 Å². The predicted molar refractivity (Wildman–Crippen MR) is 82.3 cm³/mol. The van der Waals surface area contributed by atoms with Crippen LogP contribution in [0.5, 0.6) is 0 Å². The molecular formula is C15H21N3O3. The number of anilines is 1. The maximum absolute atomic E-state index is 11.7. The van der Waals surface area contributed by atoms with Crippen molar-refractivity contribution >= 4 is 17.5 Å². The lowest BCUT2D eigenvalue weighted by atomic mass is 10.2. The van der Waals surface area contributed by atoms with Gasteiger partial charge in [-0.1, -0.05) is 6.08 Å². The van der Waals surface area contributed by atoms with Gasteiger partial charge in [0, 0.05) is 31.5 Å². The summed E-state index contributed by atoms with van der Waals surface area (Å²) in [6, 6.07) is 6.70. The Balaban J connectivity index is 2.41. The van der Waals surface area contributed by atoms with Gasteiger partial charge in [0.1, 0.15) is 0 Å². The monoisotopic (exact) mass is 291 g/mol. The summed E-state index contributed by atoms with van der Waals surface area (Å²) in [5.41, 5.74) is 1.18. The Hall–Kier alpha value is -2.18. The highest BCUT2D eigenvalue weighted by Crippen LogP contribution is 2.09. The van der Waals surface area contributed by atoms with Crippen molar-refractivity contribution in [2.24, 2.45) is 0 Å². The van der Waals surface area contributed by atoms with Gasteiger partial charge < -0.3 is 20.7 Å². The van der Waals surface area contributed by atoms with Crippen molar-refractivity contribution in [2.45, 2.75) is 0 Å². The molecule has 0 fully saturated rings. The molecule has 0 radical (unpaired) electrons. The summed E-state index contributed by atoms with van der Waals surface area (Å²) in [6.07, 6.45) is 1.61. The van der Waals surface area contributed by atoms with Gasteiger partial charge in [-0.05, 0) is 24.3 Å². The van der Waals surface area contributed by atoms with Gasteiger partial charge >= 0.3 is 0 Å². The number of methoxy groups -OCH3 is 1. The minimum atomic E-state index is -0.172. The van der Waals surface area contributed by atoms with E-state index in [1.807, 2.05) is 0 Å². The van der Waals surface area contributed by atoms with Gasteiger partial charge in [-0.3, -0.25) is 9.59 Å². The summed E-state index contributed by atoms with van der Waals surface area (Å²) < 4.78 is 4.87. The van der Waals surface area contributed by atoms with Crippen LogP contribution in [0.1, 0.15) is 10.4 Å². The number of hydrogen-bond donors (Lipinski definition) is 3. The average molecular weight is 291 g/mol. The van der Waals surface area contributed by atoms with E-state index in [-0.39, 0.29) is 18.4 Å². The molecule has 0 aliphatic rings. The number of carbonyl (C=O) groups is 2. The van der Waals surface area contributed by atoms with Crippen LogP contribution in [0, 0.1) is 0 Å². The fourth-order valence-corrected chi connectivity index (χ4v) is 1.55. The maximum Gasteiger partial charge on any atom is 0.251 e. The van der Waals surface area contributed by atoms with Gasteiger partial charge in [0.25, 0.3) is 5.91 Å². The van der Waals surface area contributed by atoms with Crippen molar-refractivity contribution in [2.75, 3.05) is 38.7 Å². The second-order valence-electron chi connectivity index (χ2n) is 4.29. The van der Waals surface area contributed by atoms with Gasteiger partial charge in [-0.2, -0.15) is 0 Å². The van der Waals surface area contributed by atoms with Crippen LogP contribution in [0.25, 0.3) is 0 Å². The van der Waals surface area contributed by atoms with E-state index in [4.69, 9.17) is 4.74 Å². The molecule has 3 N–H and O–H groups in total. The Labute approximate surface area is 124 Å². The van der Waals surface area contributed by atoms with E-state index in [1.165, 1.54) is 0 Å². The topological polar surface area (TPSA) is 79.5 Å². The van der Waals surface area contributed by atoms with Crippen LogP contribution < -0.4 is 16.0 Å². The number of ether oxygens (including phenoxy) is 1. The summed E-state index contributed by atoms with van der Waals surface area (Å²) in [5, 5.41) is 8.37. The standard InChI is InChI=1S/C15H21N3O3/c1-3-8-17-15(20)12-4-6-13(7-5-12)18-14(19)11-16-9-10-21-2/h3-7,16H,1,8-11H2,2H3,(H,17,20)(H,18,19). The first-order chi connectivity index (χ1) is 10.2. The van der Waals surface area contributed by atoms with E-state index in [9.17, 15) is 9.59 Å². The Morgan fingerprint density at radius 3 is 2.62 bits per heavy atom. The molecule has 114 valence electrons. The summed E-state index contributed by atoms with van der Waals surface area (Å²) in [4.78, 5) is 23.3. The Morgan fingerprint density at radius 2 is 2.00 bits per heavy atom. The molecule has 6 heteroatoms. The van der Waals surface area contributed by atoms with Crippen molar-refractivity contribution in [1.82, 2.24) is 10.6 Å². The fraction of sp³-hybridized carbons (Fsp3) is 0.333. The number of hydrogen-bond acceptors (Lipinski definition) is 4. The first kappa shape index (κ1) is 16.9. The molecule has 0 aliphatic carbocycles. The fourth-order valence-electron chi connectivity index (χ4n) is 1.55. The lowest BCUT2D eigenvalue weighted by Crippen LogP contribution is -2.30. The molecule has 0 spiro atoms. The summed E-state index contributed by atoms with van der Waals surface area (Å²) >= 11 is 0. The molecule has 0 aromatic heterocycles. The van der Waals surface area contributed by atoms with Crippen LogP contribution in [0.15, 0.2) is 36.9 Å². The minimum absolute atomic E-state index is 0.144. The average Bonchev–Trinajstić information content (AvgIpc) is 2.50. The number of amides is 2. The second kappa shape index (κ2) is 9.68. The van der Waals surface area contributed by atoms with E-state index in [0.29, 0.717) is 30.9 Å². The van der Waals surface area contributed by atoms with Crippen molar-refractivity contribution in [3.05, 3.63) is 42.5 Å². The second-order valence-corrected chi connectivity index (χ2v) is 4.29. The van der Waals surface area contributed by atoms with Crippen molar-refractivity contribution in [3.63, 3.8) is 0 Å². The Kier molecular flexibility index (Phi) is 7.78. The molecule has 0 aliphatic heterocycles. The first-order valence-electron chi connectivity index (χ1n) is 6.66. The SMILES string of the molecule is C=CCNC(=O)c1ccc(NC(=O)CNCCOC)cc1. The summed E-state index contributed by atoms with van der Waals surface area (Å²) in [5.74, 6) is -0.316. The molecule has 0 bridgehead atoms. The molecule has 6 nitrogen and oxygen atoms in total. The number of carbonyl (C=O) groups excluding carboxylic acids is 2. The van der Waals surface area contributed by atoms with Gasteiger partial charge in [0.2, 0.25) is 5.91 Å². The quantitative estimate of drug-likeness (QED) is 0.464. The summed E-state index contributed by atoms with van der Waals surface area (Å²) in [7, 11) is 1.61. The summed E-state index contributed by atoms with van der Waals surface area (Å²) in [6.45, 7) is 5.34. The van der Waals surface area contributed by atoms with Crippen LogP contribution in [0.3, 0.4) is 0 Å². The van der Waals surface area contributed by atoms with E-state index < -0.39 is 0 Å². The molecule has 2 amide bonds. The number of rotatable bonds is 9. The maximum atomic E-state index is 11.7. The molecule has 1 aromatic carbocycles. The van der Waals surface area contributed by atoms with Gasteiger partial charge in [-0.15, -0.1) is 6.58 Å². The van der Waals surface area contributed by atoms with Crippen LogP contribution in [0.2, 0.25) is 0 Å². The van der Waals surface area contributed by atoms with Crippen LogP contribution >= 0.6 is 0 Å². The van der Waals surface area contributed by atoms with Gasteiger partial charge in [0.05, 0.1) is 13.2 Å². The zero-order valence-corrected chi connectivity index (χ0v) is 12.1. The zero-order valence-electron chi connectivity index (χ0n) is 12.1. The molecule has 0 saturated heterocycles. The lowest BCUT2D eigenvalue weighted by molar-refractivity contribution is -0.115. The normalized spacial score (nSPS) is 9.95. The van der Waals surface area contributed by atoms with E-state index in [2.05, 4.69) is 22.5 Å². The first-order valence-corrected chi connectivity index (χ1v) is 6.66. The lowest BCUT2D eigenvalue weighted by Gasteiger charge is -2.07. The third-order valence-corrected chi connectivity index (χ3v) is 2.61. The van der Waals surface area contributed by atoms with Crippen molar-refractivity contribution < 1.29 is 14.3 Å². The third kappa shape index (κ3) is 6.69. The van der Waals surface area contributed by atoms with Gasteiger partial charge in [0.15, 0.2) is 0 Å². The highest BCUT2D eigenvalue weighted by atomic mass is 16.5. The Morgan fingerprint density at radius 1 is 1.29 bits per heavy atom. The van der Waals surface area contributed by atoms with E-state index in [1.54, 1.807) is 37.5 Å². The molecule has 0 unspecified atom stereocenters. The van der Waals surface area contributed by atoms with Crippen LogP contribution in [0.4, 0.5) is 5.69 Å². The molecular weight excluding hydrogens is 270 g/mol. The third-order valence-electron chi connectivity index (χ3n) is 2.61. The molecule has 21 heavy (non-hydrogen) atoms. The number of nitrogens with one attached hydrogen (secondary N) is 3. The molecule has 1 rings (SSSR count). The number of benzene rings is 1. The van der Waals surface area contributed by atoms with E-state index >= 15 is 0 Å². The Bertz CT molecular complexity index is 472. The molecule has 1 aromatic rings. The zero-order chi connectivity index (χ0) is 15.5. The molecule has 0 saturated carbocycles.